The van der Waals surface area contributed by atoms with Crippen molar-refractivity contribution in [2.24, 2.45) is 4.99 Å². The zero-order valence-corrected chi connectivity index (χ0v) is 24.8. The molecular weight excluding hydrogens is 564 g/mol. The first-order valence-electron chi connectivity index (χ1n) is 13.1. The maximum absolute atomic E-state index is 13.9. The fourth-order valence-electron chi connectivity index (χ4n) is 4.64. The predicted molar refractivity (Wildman–Crippen MR) is 158 cm³/mol. The second-order valence-electron chi connectivity index (χ2n) is 9.59. The van der Waals surface area contributed by atoms with E-state index in [1.54, 1.807) is 57.4 Å². The van der Waals surface area contributed by atoms with Crippen molar-refractivity contribution in [2.75, 3.05) is 13.7 Å². The zero-order valence-electron chi connectivity index (χ0n) is 23.3. The van der Waals surface area contributed by atoms with Crippen LogP contribution in [0.4, 0.5) is 0 Å². The van der Waals surface area contributed by atoms with Gasteiger partial charge in [-0.05, 0) is 81.8 Å². The van der Waals surface area contributed by atoms with E-state index in [1.165, 1.54) is 15.9 Å². The van der Waals surface area contributed by atoms with Gasteiger partial charge in [0.05, 0.1) is 41.7 Å². The van der Waals surface area contributed by atoms with Gasteiger partial charge in [-0.25, -0.2) is 9.79 Å². The molecule has 0 aliphatic carbocycles. The molecule has 0 saturated heterocycles. The van der Waals surface area contributed by atoms with E-state index in [1.807, 2.05) is 38.1 Å². The first kappa shape index (κ1) is 28.4. The minimum atomic E-state index is -0.782. The number of hydrogen-bond acceptors (Lipinski definition) is 8. The van der Waals surface area contributed by atoms with Crippen molar-refractivity contribution < 1.29 is 23.4 Å². The van der Waals surface area contributed by atoms with Crippen LogP contribution in [0, 0.1) is 0 Å². The van der Waals surface area contributed by atoms with Gasteiger partial charge in [-0.1, -0.05) is 29.0 Å². The molecule has 212 valence electrons. The van der Waals surface area contributed by atoms with Gasteiger partial charge in [-0.15, -0.1) is 0 Å². The average Bonchev–Trinajstić information content (AvgIpc) is 3.52. The monoisotopic (exact) mass is 592 g/mol. The largest absolute Gasteiger partial charge is 0.493 e. The molecule has 41 heavy (non-hydrogen) atoms. The Labute approximate surface area is 245 Å². The van der Waals surface area contributed by atoms with Crippen LogP contribution >= 0.6 is 22.9 Å². The highest BCUT2D eigenvalue weighted by Gasteiger charge is 2.34. The van der Waals surface area contributed by atoms with E-state index in [0.717, 1.165) is 5.56 Å². The fraction of sp³-hybridized carbons (Fsp3) is 0.258. The molecule has 0 spiro atoms. The van der Waals surface area contributed by atoms with E-state index in [4.69, 9.17) is 30.2 Å². The molecule has 10 heteroatoms. The van der Waals surface area contributed by atoms with Crippen LogP contribution in [0.1, 0.15) is 45.1 Å². The normalized spacial score (nSPS) is 15.1. The van der Waals surface area contributed by atoms with Crippen LogP contribution in [0.5, 0.6) is 11.5 Å². The molecule has 8 nitrogen and oxygen atoms in total. The van der Waals surface area contributed by atoms with Gasteiger partial charge in [0, 0.05) is 16.7 Å². The van der Waals surface area contributed by atoms with Crippen LogP contribution in [-0.4, -0.2) is 30.4 Å². The minimum Gasteiger partial charge on any atom is -0.493 e. The van der Waals surface area contributed by atoms with E-state index >= 15 is 0 Å². The van der Waals surface area contributed by atoms with Gasteiger partial charge in [0.25, 0.3) is 5.56 Å². The number of aromatic nitrogens is 1. The number of rotatable bonds is 8. The maximum Gasteiger partial charge on any atom is 0.338 e. The number of thiazole rings is 1. The van der Waals surface area contributed by atoms with Gasteiger partial charge >= 0.3 is 5.97 Å². The predicted octanol–water partition coefficient (Wildman–Crippen LogP) is 5.51. The highest BCUT2D eigenvalue weighted by Crippen LogP contribution is 2.36. The molecule has 2 aromatic carbocycles. The molecular formula is C31H29ClN2O6S. The molecule has 1 unspecified atom stereocenters. The van der Waals surface area contributed by atoms with Gasteiger partial charge in [-0.3, -0.25) is 9.36 Å². The average molecular weight is 593 g/mol. The minimum absolute atomic E-state index is 0.0635. The van der Waals surface area contributed by atoms with Crippen molar-refractivity contribution >= 4 is 35.0 Å². The Morgan fingerprint density at radius 1 is 1.15 bits per heavy atom. The number of carbonyl (C=O) groups is 1. The molecule has 0 fully saturated rings. The van der Waals surface area contributed by atoms with Crippen LogP contribution in [0.3, 0.4) is 0 Å². The molecule has 4 aromatic rings. The lowest BCUT2D eigenvalue weighted by Gasteiger charge is -2.25. The number of benzene rings is 2. The first-order valence-corrected chi connectivity index (χ1v) is 14.3. The molecule has 3 heterocycles. The van der Waals surface area contributed by atoms with E-state index in [0.29, 0.717) is 48.6 Å². The van der Waals surface area contributed by atoms with Gasteiger partial charge < -0.3 is 18.6 Å². The summed E-state index contributed by atoms with van der Waals surface area (Å²) in [6.45, 7) is 7.52. The molecule has 1 aliphatic heterocycles. The van der Waals surface area contributed by atoms with E-state index in [2.05, 4.69) is 4.99 Å². The van der Waals surface area contributed by atoms with Crippen LogP contribution in [0.25, 0.3) is 17.4 Å². The molecule has 0 amide bonds. The molecule has 5 rings (SSSR count). The number of carbonyl (C=O) groups excluding carboxylic acids is 1. The topological polar surface area (TPSA) is 92.3 Å². The van der Waals surface area contributed by atoms with Crippen molar-refractivity contribution in [3.8, 4) is 22.8 Å². The maximum atomic E-state index is 13.9. The first-order chi connectivity index (χ1) is 19.7. The summed E-state index contributed by atoms with van der Waals surface area (Å²) >= 11 is 7.23. The number of halogens is 1. The third kappa shape index (κ3) is 5.73. The molecule has 0 saturated carbocycles. The third-order valence-corrected chi connectivity index (χ3v) is 7.65. The summed E-state index contributed by atoms with van der Waals surface area (Å²) in [5.74, 6) is 1.67. The van der Waals surface area contributed by atoms with Crippen LogP contribution in [0.15, 0.2) is 80.1 Å². The smallest absolute Gasteiger partial charge is 0.338 e. The molecule has 0 bridgehead atoms. The Kier molecular flexibility index (Phi) is 8.19. The van der Waals surface area contributed by atoms with Crippen molar-refractivity contribution in [3.05, 3.63) is 102 Å². The lowest BCUT2D eigenvalue weighted by molar-refractivity contribution is -0.139. The number of methoxy groups -OCH3 is 1. The van der Waals surface area contributed by atoms with Crippen molar-refractivity contribution in [2.45, 2.75) is 39.8 Å². The quantitative estimate of drug-likeness (QED) is 0.251. The van der Waals surface area contributed by atoms with Crippen molar-refractivity contribution in [1.82, 2.24) is 4.57 Å². The molecule has 1 atom stereocenters. The highest BCUT2D eigenvalue weighted by molar-refractivity contribution is 7.07. The number of hydrogen-bond donors (Lipinski definition) is 0. The molecule has 1 aliphatic rings. The van der Waals surface area contributed by atoms with Crippen LogP contribution in [0.2, 0.25) is 5.02 Å². The zero-order chi connectivity index (χ0) is 29.3. The van der Waals surface area contributed by atoms with Crippen LogP contribution in [-0.2, 0) is 9.53 Å². The number of nitrogens with zero attached hydrogens (tertiary/aromatic N) is 2. The number of fused-ring (bicyclic) bond motifs is 1. The Morgan fingerprint density at radius 3 is 2.59 bits per heavy atom. The summed E-state index contributed by atoms with van der Waals surface area (Å²) in [6.07, 6.45) is 1.62. The fourth-order valence-corrected chi connectivity index (χ4v) is 5.79. The van der Waals surface area contributed by atoms with E-state index < -0.39 is 12.0 Å². The Morgan fingerprint density at radius 2 is 1.90 bits per heavy atom. The summed E-state index contributed by atoms with van der Waals surface area (Å²) in [6, 6.07) is 15.5. The Bertz CT molecular complexity index is 1810. The lowest BCUT2D eigenvalue weighted by Crippen LogP contribution is -2.40. The standard InChI is InChI=1S/C31H29ClN2O6S/c1-6-38-30(36)27-18(4)33-31-34(28(27)20-9-13-24(39-17(2)3)25(15-20)37-5)29(35)26(41-31)16-22-12-14-23(40-22)19-7-10-21(32)11-8-19/h7-17,28H,6H2,1-5H3. The second-order valence-corrected chi connectivity index (χ2v) is 11.0. The molecule has 0 radical (unpaired) electrons. The van der Waals surface area contributed by atoms with E-state index in [-0.39, 0.29) is 23.8 Å². The number of esters is 1. The van der Waals surface area contributed by atoms with Gasteiger partial charge in [-0.2, -0.15) is 0 Å². The number of ether oxygens (including phenoxy) is 3. The van der Waals surface area contributed by atoms with Gasteiger partial charge in [0.15, 0.2) is 16.3 Å². The summed E-state index contributed by atoms with van der Waals surface area (Å²) < 4.78 is 24.8. The van der Waals surface area contributed by atoms with Gasteiger partial charge in [0.1, 0.15) is 11.5 Å². The lowest BCUT2D eigenvalue weighted by atomic mass is 9.95. The highest BCUT2D eigenvalue weighted by atomic mass is 35.5. The van der Waals surface area contributed by atoms with Gasteiger partial charge in [0.2, 0.25) is 0 Å². The number of furan rings is 1. The Balaban J connectivity index is 1.64. The Hall–Kier alpha value is -4.08. The van der Waals surface area contributed by atoms with E-state index in [9.17, 15) is 9.59 Å². The van der Waals surface area contributed by atoms with Crippen molar-refractivity contribution in [3.63, 3.8) is 0 Å². The second kappa shape index (κ2) is 11.8. The molecule has 0 N–H and O–H groups in total. The summed E-state index contributed by atoms with van der Waals surface area (Å²) in [5.41, 5.74) is 1.98. The summed E-state index contributed by atoms with van der Waals surface area (Å²) in [5, 5.41) is 0.633. The summed E-state index contributed by atoms with van der Waals surface area (Å²) in [7, 11) is 1.55. The van der Waals surface area contributed by atoms with Crippen LogP contribution < -0.4 is 24.4 Å². The third-order valence-electron chi connectivity index (χ3n) is 6.41. The van der Waals surface area contributed by atoms with Crippen molar-refractivity contribution in [1.29, 1.82) is 0 Å². The summed E-state index contributed by atoms with van der Waals surface area (Å²) in [4.78, 5) is 32.2. The molecule has 2 aromatic heterocycles. The SMILES string of the molecule is CCOC(=O)C1=C(C)N=c2sc(=Cc3ccc(-c4ccc(Cl)cc4)o3)c(=O)n2C1c1ccc(OC(C)C)c(OC)c1. The number of allylic oxidation sites excluding steroid dienone is 1.